The fraction of sp³-hybridized carbons (Fsp3) is 0.368. The number of rotatable bonds is 7. The monoisotopic (exact) mass is 404 g/mol. The summed E-state index contributed by atoms with van der Waals surface area (Å²) < 4.78 is 46.7. The highest BCUT2D eigenvalue weighted by molar-refractivity contribution is 5.39. The van der Waals surface area contributed by atoms with Gasteiger partial charge in [0.05, 0.1) is 12.8 Å². The number of aryl methyl sites for hydroxylation is 1. The molecule has 3 aromatic heterocycles. The number of hydrogen-bond acceptors (Lipinski definition) is 6. The van der Waals surface area contributed by atoms with Crippen molar-refractivity contribution in [3.8, 4) is 5.88 Å². The van der Waals surface area contributed by atoms with Gasteiger partial charge in [-0.3, -0.25) is 9.67 Å². The molecule has 4 rings (SSSR count). The number of ether oxygens (including phenoxy) is 1. The molecule has 152 valence electrons. The molecule has 0 aromatic carbocycles. The van der Waals surface area contributed by atoms with E-state index in [9.17, 15) is 13.2 Å². The highest BCUT2D eigenvalue weighted by atomic mass is 19.4. The van der Waals surface area contributed by atoms with Gasteiger partial charge in [0.1, 0.15) is 5.82 Å². The summed E-state index contributed by atoms with van der Waals surface area (Å²) in [5.41, 5.74) is 1.79. The van der Waals surface area contributed by atoms with Crippen molar-refractivity contribution < 1.29 is 17.9 Å². The smallest absolute Gasteiger partial charge is 0.451 e. The van der Waals surface area contributed by atoms with Crippen molar-refractivity contribution in [3.05, 3.63) is 59.9 Å². The van der Waals surface area contributed by atoms with Gasteiger partial charge in [-0.15, -0.1) is 0 Å². The number of aromatic nitrogens is 5. The summed E-state index contributed by atoms with van der Waals surface area (Å²) in [7, 11) is 1.76. The van der Waals surface area contributed by atoms with Gasteiger partial charge in [-0.25, -0.2) is 4.98 Å². The molecular weight excluding hydrogens is 385 g/mol. The molecule has 1 saturated carbocycles. The van der Waals surface area contributed by atoms with Crippen molar-refractivity contribution >= 4 is 5.82 Å². The number of pyridine rings is 1. The summed E-state index contributed by atoms with van der Waals surface area (Å²) in [6, 6.07) is 7.08. The third-order valence-electron chi connectivity index (χ3n) is 4.62. The first-order valence-electron chi connectivity index (χ1n) is 9.10. The van der Waals surface area contributed by atoms with E-state index in [4.69, 9.17) is 4.74 Å². The molecule has 0 amide bonds. The highest BCUT2D eigenvalue weighted by Crippen LogP contribution is 2.46. The van der Waals surface area contributed by atoms with Crippen LogP contribution in [0.15, 0.2) is 42.9 Å². The van der Waals surface area contributed by atoms with Crippen molar-refractivity contribution in [1.29, 1.82) is 0 Å². The van der Waals surface area contributed by atoms with Gasteiger partial charge in [0.2, 0.25) is 11.7 Å². The summed E-state index contributed by atoms with van der Waals surface area (Å²) in [5, 5.41) is 6.90. The Kier molecular flexibility index (Phi) is 5.08. The van der Waals surface area contributed by atoms with Crippen LogP contribution in [0, 0.1) is 5.92 Å². The predicted molar refractivity (Wildman–Crippen MR) is 98.1 cm³/mol. The van der Waals surface area contributed by atoms with E-state index in [2.05, 4.69) is 25.4 Å². The summed E-state index contributed by atoms with van der Waals surface area (Å²) >= 11 is 0. The Morgan fingerprint density at radius 3 is 2.83 bits per heavy atom. The minimum Gasteiger partial charge on any atom is -0.477 e. The number of hydrogen-bond donors (Lipinski definition) is 1. The summed E-state index contributed by atoms with van der Waals surface area (Å²) in [5.74, 6) is -0.819. The minimum absolute atomic E-state index is 0.0447. The maximum Gasteiger partial charge on any atom is 0.451 e. The summed E-state index contributed by atoms with van der Waals surface area (Å²) in [4.78, 5) is 11.4. The zero-order valence-corrected chi connectivity index (χ0v) is 15.6. The second kappa shape index (κ2) is 7.69. The Hall–Kier alpha value is -3.17. The Morgan fingerprint density at radius 1 is 1.28 bits per heavy atom. The standard InChI is InChI=1S/C19H19F3N6O/c1-28-10-12(9-25-28)8-24-16-7-17(27-18(26-16)19(20,21)22)29-11-13-6-14(13)15-4-2-3-5-23-15/h2-5,7,9-10,13-14H,6,8,11H2,1H3,(H,24,26,27). The first-order chi connectivity index (χ1) is 13.9. The van der Waals surface area contributed by atoms with Crippen molar-refractivity contribution in [1.82, 2.24) is 24.7 Å². The Morgan fingerprint density at radius 2 is 2.14 bits per heavy atom. The topological polar surface area (TPSA) is 77.8 Å². The molecule has 10 heteroatoms. The third-order valence-corrected chi connectivity index (χ3v) is 4.62. The molecule has 0 saturated heterocycles. The fourth-order valence-electron chi connectivity index (χ4n) is 3.05. The van der Waals surface area contributed by atoms with Crippen molar-refractivity contribution in [2.24, 2.45) is 13.0 Å². The molecule has 1 aliphatic rings. The predicted octanol–water partition coefficient (Wildman–Crippen LogP) is 3.42. The quantitative estimate of drug-likeness (QED) is 0.650. The maximum absolute atomic E-state index is 13.2. The van der Waals surface area contributed by atoms with Crippen molar-refractivity contribution in [2.75, 3.05) is 11.9 Å². The van der Waals surface area contributed by atoms with Gasteiger partial charge in [0, 0.05) is 55.1 Å². The second-order valence-corrected chi connectivity index (χ2v) is 6.96. The van der Waals surface area contributed by atoms with Crippen LogP contribution in [-0.2, 0) is 19.8 Å². The van der Waals surface area contributed by atoms with E-state index >= 15 is 0 Å². The van der Waals surface area contributed by atoms with Gasteiger partial charge in [-0.05, 0) is 18.6 Å². The van der Waals surface area contributed by atoms with Gasteiger partial charge in [0.15, 0.2) is 0 Å². The summed E-state index contributed by atoms with van der Waals surface area (Å²) in [6.45, 7) is 0.559. The van der Waals surface area contributed by atoms with Gasteiger partial charge in [-0.2, -0.15) is 23.3 Å². The number of anilines is 1. The zero-order valence-electron chi connectivity index (χ0n) is 15.6. The van der Waals surface area contributed by atoms with Crippen LogP contribution in [0.2, 0.25) is 0 Å². The van der Waals surface area contributed by atoms with E-state index in [0.717, 1.165) is 17.7 Å². The third kappa shape index (κ3) is 4.82. The average Bonchev–Trinajstić information content (AvgIpc) is 3.37. The van der Waals surface area contributed by atoms with E-state index in [0.29, 0.717) is 0 Å². The van der Waals surface area contributed by atoms with Gasteiger partial charge < -0.3 is 10.1 Å². The van der Waals surface area contributed by atoms with Crippen LogP contribution in [0.5, 0.6) is 5.88 Å². The molecule has 0 spiro atoms. The van der Waals surface area contributed by atoms with Crippen LogP contribution < -0.4 is 10.1 Å². The average molecular weight is 404 g/mol. The lowest BCUT2D eigenvalue weighted by atomic mass is 10.2. The van der Waals surface area contributed by atoms with E-state index in [1.54, 1.807) is 30.3 Å². The first-order valence-corrected chi connectivity index (χ1v) is 9.10. The van der Waals surface area contributed by atoms with Crippen LogP contribution in [0.25, 0.3) is 0 Å². The molecule has 1 N–H and O–H groups in total. The van der Waals surface area contributed by atoms with Gasteiger partial charge in [-0.1, -0.05) is 6.07 Å². The van der Waals surface area contributed by atoms with E-state index in [1.807, 2.05) is 18.2 Å². The molecule has 2 atom stereocenters. The largest absolute Gasteiger partial charge is 0.477 e. The maximum atomic E-state index is 13.2. The Bertz CT molecular complexity index is 976. The van der Waals surface area contributed by atoms with Crippen LogP contribution >= 0.6 is 0 Å². The zero-order chi connectivity index (χ0) is 20.4. The molecule has 3 heterocycles. The minimum atomic E-state index is -4.67. The van der Waals surface area contributed by atoms with Crippen molar-refractivity contribution in [3.63, 3.8) is 0 Å². The molecule has 29 heavy (non-hydrogen) atoms. The molecule has 1 fully saturated rings. The van der Waals surface area contributed by atoms with E-state index < -0.39 is 12.0 Å². The number of halogens is 3. The first kappa shape index (κ1) is 19.2. The number of alkyl halides is 3. The highest BCUT2D eigenvalue weighted by Gasteiger charge is 2.40. The SMILES string of the molecule is Cn1cc(CNc2cc(OCC3CC3c3ccccn3)nc(C(F)(F)F)n2)cn1. The normalized spacial score (nSPS) is 18.5. The number of nitrogens with one attached hydrogen (secondary N) is 1. The fourth-order valence-corrected chi connectivity index (χ4v) is 3.05. The Labute approximate surface area is 165 Å². The lowest BCUT2D eigenvalue weighted by Crippen LogP contribution is -2.15. The Balaban J connectivity index is 1.43. The summed E-state index contributed by atoms with van der Waals surface area (Å²) in [6.07, 6.45) is 1.34. The van der Waals surface area contributed by atoms with Crippen molar-refractivity contribution in [2.45, 2.75) is 25.1 Å². The molecule has 3 aromatic rings. The van der Waals surface area contributed by atoms with E-state index in [-0.39, 0.29) is 36.7 Å². The molecule has 7 nitrogen and oxygen atoms in total. The van der Waals surface area contributed by atoms with Crippen LogP contribution in [-0.4, -0.2) is 31.3 Å². The number of nitrogens with zero attached hydrogens (tertiary/aromatic N) is 5. The van der Waals surface area contributed by atoms with E-state index in [1.165, 1.54) is 6.07 Å². The van der Waals surface area contributed by atoms with Crippen LogP contribution in [0.1, 0.15) is 29.4 Å². The van der Waals surface area contributed by atoms with Crippen LogP contribution in [0.3, 0.4) is 0 Å². The molecule has 1 aliphatic carbocycles. The second-order valence-electron chi connectivity index (χ2n) is 6.96. The molecular formula is C19H19F3N6O. The van der Waals surface area contributed by atoms with Gasteiger partial charge in [0.25, 0.3) is 0 Å². The molecule has 0 aliphatic heterocycles. The molecule has 0 bridgehead atoms. The molecule has 0 radical (unpaired) electrons. The lowest BCUT2D eigenvalue weighted by Gasteiger charge is -2.12. The van der Waals surface area contributed by atoms with Crippen LogP contribution in [0.4, 0.5) is 19.0 Å². The lowest BCUT2D eigenvalue weighted by molar-refractivity contribution is -0.145. The molecule has 2 unspecified atom stereocenters. The van der Waals surface area contributed by atoms with Gasteiger partial charge >= 0.3 is 6.18 Å².